The van der Waals surface area contributed by atoms with E-state index in [0.29, 0.717) is 23.0 Å². The molecule has 1 aromatic heterocycles. The number of esters is 1. The standard InChI is InChI=1S/C18H19FN2O3/c1-11(18(23)24-2)10-21(15-4-5-15)17(22)13-7-12-8-14(19)3-6-16(12)20-9-13/h3,6-9,11,15H,4-5,10H2,1-2H3/t11-/m1/s1. The highest BCUT2D eigenvalue weighted by Gasteiger charge is 2.35. The minimum atomic E-state index is -0.398. The first-order chi connectivity index (χ1) is 11.5. The third-order valence-electron chi connectivity index (χ3n) is 4.21. The zero-order valence-electron chi connectivity index (χ0n) is 13.7. The second-order valence-electron chi connectivity index (χ2n) is 6.17. The number of methoxy groups -OCH3 is 1. The average Bonchev–Trinajstić information content (AvgIpc) is 3.42. The lowest BCUT2D eigenvalue weighted by Gasteiger charge is -2.25. The molecule has 0 radical (unpaired) electrons. The minimum absolute atomic E-state index is 0.146. The summed E-state index contributed by atoms with van der Waals surface area (Å²) in [7, 11) is 1.34. The van der Waals surface area contributed by atoms with Crippen LogP contribution in [0, 0.1) is 11.7 Å². The van der Waals surface area contributed by atoms with E-state index in [9.17, 15) is 14.0 Å². The Morgan fingerprint density at radius 3 is 2.79 bits per heavy atom. The van der Waals surface area contributed by atoms with E-state index in [2.05, 4.69) is 4.98 Å². The molecule has 1 aliphatic rings. The molecule has 0 spiro atoms. The van der Waals surface area contributed by atoms with E-state index in [1.54, 1.807) is 24.0 Å². The number of benzene rings is 1. The molecule has 1 saturated carbocycles. The van der Waals surface area contributed by atoms with Gasteiger partial charge < -0.3 is 9.64 Å². The number of hydrogen-bond donors (Lipinski definition) is 0. The van der Waals surface area contributed by atoms with Gasteiger partial charge in [-0.05, 0) is 37.1 Å². The second kappa shape index (κ2) is 6.55. The Hall–Kier alpha value is -2.50. The molecule has 0 bridgehead atoms. The Morgan fingerprint density at radius 2 is 2.12 bits per heavy atom. The summed E-state index contributed by atoms with van der Waals surface area (Å²) < 4.78 is 18.1. The molecule has 3 rings (SSSR count). The van der Waals surface area contributed by atoms with Crippen molar-refractivity contribution in [2.45, 2.75) is 25.8 Å². The van der Waals surface area contributed by atoms with Gasteiger partial charge in [-0.2, -0.15) is 0 Å². The highest BCUT2D eigenvalue weighted by Crippen LogP contribution is 2.29. The van der Waals surface area contributed by atoms with E-state index in [-0.39, 0.29) is 23.7 Å². The van der Waals surface area contributed by atoms with E-state index in [1.807, 2.05) is 0 Å². The number of ether oxygens (including phenoxy) is 1. The molecular formula is C18H19FN2O3. The van der Waals surface area contributed by atoms with Gasteiger partial charge in [0.15, 0.2) is 0 Å². The average molecular weight is 330 g/mol. The number of pyridine rings is 1. The van der Waals surface area contributed by atoms with Gasteiger partial charge in [0.25, 0.3) is 5.91 Å². The maximum Gasteiger partial charge on any atom is 0.310 e. The van der Waals surface area contributed by atoms with Gasteiger partial charge in [-0.25, -0.2) is 4.39 Å². The fourth-order valence-corrected chi connectivity index (χ4v) is 2.74. The first kappa shape index (κ1) is 16.4. The summed E-state index contributed by atoms with van der Waals surface area (Å²) in [6.45, 7) is 2.04. The van der Waals surface area contributed by atoms with Crippen molar-refractivity contribution >= 4 is 22.8 Å². The molecule has 2 aromatic rings. The molecule has 6 heteroatoms. The smallest absolute Gasteiger partial charge is 0.310 e. The molecule has 1 atom stereocenters. The topological polar surface area (TPSA) is 59.5 Å². The van der Waals surface area contributed by atoms with Crippen LogP contribution >= 0.6 is 0 Å². The molecule has 0 saturated heterocycles. The molecule has 24 heavy (non-hydrogen) atoms. The van der Waals surface area contributed by atoms with Crippen LogP contribution in [0.4, 0.5) is 4.39 Å². The van der Waals surface area contributed by atoms with Gasteiger partial charge >= 0.3 is 5.97 Å². The number of carbonyl (C=O) groups excluding carboxylic acids is 2. The van der Waals surface area contributed by atoms with E-state index in [0.717, 1.165) is 12.8 Å². The number of amides is 1. The van der Waals surface area contributed by atoms with Crippen LogP contribution in [0.5, 0.6) is 0 Å². The number of rotatable bonds is 5. The molecule has 0 N–H and O–H groups in total. The van der Waals surface area contributed by atoms with Gasteiger partial charge in [0.1, 0.15) is 5.82 Å². The summed E-state index contributed by atoms with van der Waals surface area (Å²) in [6, 6.07) is 6.07. The summed E-state index contributed by atoms with van der Waals surface area (Å²) >= 11 is 0. The molecule has 1 aliphatic carbocycles. The van der Waals surface area contributed by atoms with E-state index < -0.39 is 5.92 Å². The van der Waals surface area contributed by atoms with Crippen LogP contribution in [-0.4, -0.2) is 41.5 Å². The largest absolute Gasteiger partial charge is 0.469 e. The number of carbonyl (C=O) groups is 2. The van der Waals surface area contributed by atoms with Crippen LogP contribution in [0.3, 0.4) is 0 Å². The molecule has 0 aliphatic heterocycles. The van der Waals surface area contributed by atoms with Crippen molar-refractivity contribution < 1.29 is 18.7 Å². The molecule has 0 unspecified atom stereocenters. The Kier molecular flexibility index (Phi) is 4.46. The maximum atomic E-state index is 13.4. The van der Waals surface area contributed by atoms with Crippen molar-refractivity contribution in [3.63, 3.8) is 0 Å². The fraction of sp³-hybridized carbons (Fsp3) is 0.389. The van der Waals surface area contributed by atoms with Crippen LogP contribution in [0.1, 0.15) is 30.1 Å². The van der Waals surface area contributed by atoms with Crippen LogP contribution in [0.25, 0.3) is 10.9 Å². The lowest BCUT2D eigenvalue weighted by molar-refractivity contribution is -0.145. The molecule has 1 aromatic carbocycles. The van der Waals surface area contributed by atoms with Gasteiger partial charge in [0.2, 0.25) is 0 Å². The fourth-order valence-electron chi connectivity index (χ4n) is 2.74. The highest BCUT2D eigenvalue weighted by atomic mass is 19.1. The molecular weight excluding hydrogens is 311 g/mol. The van der Waals surface area contributed by atoms with Crippen molar-refractivity contribution in [3.8, 4) is 0 Å². The van der Waals surface area contributed by atoms with E-state index >= 15 is 0 Å². The van der Waals surface area contributed by atoms with Gasteiger partial charge in [0, 0.05) is 24.2 Å². The van der Waals surface area contributed by atoms with E-state index in [1.165, 1.54) is 25.4 Å². The number of fused-ring (bicyclic) bond motifs is 1. The summed E-state index contributed by atoms with van der Waals surface area (Å²) in [4.78, 5) is 30.4. The summed E-state index contributed by atoms with van der Waals surface area (Å²) in [5.41, 5.74) is 1.03. The number of halogens is 1. The SMILES string of the molecule is COC(=O)[C@H](C)CN(C(=O)c1cnc2ccc(F)cc2c1)C1CC1. The minimum Gasteiger partial charge on any atom is -0.469 e. The lowest BCUT2D eigenvalue weighted by Crippen LogP contribution is -2.38. The Labute approximate surface area is 139 Å². The number of hydrogen-bond acceptors (Lipinski definition) is 4. The number of aromatic nitrogens is 1. The molecule has 1 heterocycles. The molecule has 1 amide bonds. The molecule has 126 valence electrons. The van der Waals surface area contributed by atoms with Gasteiger partial charge in [-0.3, -0.25) is 14.6 Å². The first-order valence-corrected chi connectivity index (χ1v) is 7.93. The monoisotopic (exact) mass is 330 g/mol. The summed E-state index contributed by atoms with van der Waals surface area (Å²) in [5, 5.41) is 0.581. The van der Waals surface area contributed by atoms with Crippen LogP contribution < -0.4 is 0 Å². The first-order valence-electron chi connectivity index (χ1n) is 7.93. The quantitative estimate of drug-likeness (QED) is 0.791. The van der Waals surface area contributed by atoms with Gasteiger partial charge in [-0.1, -0.05) is 6.92 Å². The van der Waals surface area contributed by atoms with Gasteiger partial charge in [-0.15, -0.1) is 0 Å². The van der Waals surface area contributed by atoms with E-state index in [4.69, 9.17) is 4.74 Å². The van der Waals surface area contributed by atoms with Crippen molar-refractivity contribution in [2.75, 3.05) is 13.7 Å². The maximum absolute atomic E-state index is 13.4. The Bertz CT molecular complexity index is 789. The van der Waals surface area contributed by atoms with Crippen LogP contribution in [0.2, 0.25) is 0 Å². The van der Waals surface area contributed by atoms with Crippen molar-refractivity contribution in [2.24, 2.45) is 5.92 Å². The summed E-state index contributed by atoms with van der Waals surface area (Å²) in [6.07, 6.45) is 3.35. The summed E-state index contributed by atoms with van der Waals surface area (Å²) in [5.74, 6) is -1.29. The van der Waals surface area contributed by atoms with Crippen molar-refractivity contribution in [1.29, 1.82) is 0 Å². The zero-order chi connectivity index (χ0) is 17.3. The Balaban J connectivity index is 1.86. The van der Waals surface area contributed by atoms with Crippen molar-refractivity contribution in [1.82, 2.24) is 9.88 Å². The molecule has 5 nitrogen and oxygen atoms in total. The third kappa shape index (κ3) is 3.37. The van der Waals surface area contributed by atoms with Crippen LogP contribution in [0.15, 0.2) is 30.5 Å². The zero-order valence-corrected chi connectivity index (χ0v) is 13.7. The third-order valence-corrected chi connectivity index (χ3v) is 4.21. The van der Waals surface area contributed by atoms with Crippen molar-refractivity contribution in [3.05, 3.63) is 41.8 Å². The number of nitrogens with zero attached hydrogens (tertiary/aromatic N) is 2. The lowest BCUT2D eigenvalue weighted by atomic mass is 10.1. The Morgan fingerprint density at radius 1 is 1.38 bits per heavy atom. The predicted octanol–water partition coefficient (Wildman–Crippen LogP) is 2.79. The molecule has 1 fully saturated rings. The highest BCUT2D eigenvalue weighted by molar-refractivity contribution is 5.97. The second-order valence-corrected chi connectivity index (χ2v) is 6.17. The normalized spacial score (nSPS) is 15.1. The van der Waals surface area contributed by atoms with Gasteiger partial charge in [0.05, 0.1) is 24.1 Å². The van der Waals surface area contributed by atoms with Crippen LogP contribution in [-0.2, 0) is 9.53 Å². The predicted molar refractivity (Wildman–Crippen MR) is 86.9 cm³/mol.